The number of carbonyl (C=O) groups excluding carboxylic acids is 1. The SMILES string of the molecule is COc1ccc2nc(NC(=O)[C@@H](CC3CCOCC3)n3ccc(S(=O)(=O)C4CCCC4)cc3=O)sc2n1. The Labute approximate surface area is 219 Å². The Hall–Kier alpha value is -2.83. The number of ether oxygens (including phenoxy) is 2. The van der Waals surface area contributed by atoms with Crippen LogP contribution in [0.25, 0.3) is 10.3 Å². The van der Waals surface area contributed by atoms with E-state index in [4.69, 9.17) is 9.47 Å². The molecule has 0 spiro atoms. The first kappa shape index (κ1) is 25.8. The van der Waals surface area contributed by atoms with Gasteiger partial charge in [-0.25, -0.2) is 18.4 Å². The van der Waals surface area contributed by atoms with Gasteiger partial charge in [-0.1, -0.05) is 24.2 Å². The second-order valence-corrected chi connectivity index (χ2v) is 12.8. The summed E-state index contributed by atoms with van der Waals surface area (Å²) in [6.45, 7) is 1.22. The summed E-state index contributed by atoms with van der Waals surface area (Å²) in [7, 11) is -2.05. The lowest BCUT2D eigenvalue weighted by Crippen LogP contribution is -2.35. The molecule has 10 nitrogen and oxygen atoms in total. The third-order valence-electron chi connectivity index (χ3n) is 7.19. The fraction of sp³-hybridized carbons (Fsp3) is 0.520. The molecule has 0 aromatic carbocycles. The molecule has 1 N–H and O–H groups in total. The van der Waals surface area contributed by atoms with Gasteiger partial charge in [0, 0.05) is 31.5 Å². The highest BCUT2D eigenvalue weighted by Gasteiger charge is 2.32. The van der Waals surface area contributed by atoms with Crippen LogP contribution in [0, 0.1) is 5.92 Å². The predicted molar refractivity (Wildman–Crippen MR) is 140 cm³/mol. The number of hydrogen-bond acceptors (Lipinski definition) is 9. The number of nitrogens with zero attached hydrogens (tertiary/aromatic N) is 3. The van der Waals surface area contributed by atoms with Crippen LogP contribution in [0.15, 0.2) is 40.2 Å². The molecule has 1 amide bonds. The minimum Gasteiger partial charge on any atom is -0.481 e. The number of rotatable bonds is 8. The Morgan fingerprint density at radius 1 is 1.19 bits per heavy atom. The number of thiazole rings is 1. The molecule has 3 aromatic rings. The highest BCUT2D eigenvalue weighted by Crippen LogP contribution is 2.31. The largest absolute Gasteiger partial charge is 0.481 e. The van der Waals surface area contributed by atoms with Crippen molar-refractivity contribution in [2.75, 3.05) is 25.6 Å². The van der Waals surface area contributed by atoms with E-state index in [1.165, 1.54) is 35.3 Å². The van der Waals surface area contributed by atoms with Crippen LogP contribution in [0.1, 0.15) is 51.0 Å². The number of sulfone groups is 1. The van der Waals surface area contributed by atoms with Crippen LogP contribution in [0.3, 0.4) is 0 Å². The van der Waals surface area contributed by atoms with E-state index in [2.05, 4.69) is 15.3 Å². The van der Waals surface area contributed by atoms with Crippen molar-refractivity contribution in [1.29, 1.82) is 0 Å². The molecular weight excluding hydrogens is 516 g/mol. The second-order valence-electron chi connectivity index (χ2n) is 9.55. The van der Waals surface area contributed by atoms with Crippen molar-refractivity contribution in [3.05, 3.63) is 40.8 Å². The molecule has 3 aromatic heterocycles. The lowest BCUT2D eigenvalue weighted by atomic mass is 9.92. The molecule has 198 valence electrons. The summed E-state index contributed by atoms with van der Waals surface area (Å²) in [5, 5.41) is 2.77. The molecule has 1 atom stereocenters. The maximum Gasteiger partial charge on any atom is 0.252 e. The van der Waals surface area contributed by atoms with Crippen LogP contribution in [-0.2, 0) is 19.4 Å². The van der Waals surface area contributed by atoms with Crippen molar-refractivity contribution in [3.8, 4) is 5.88 Å². The molecule has 1 aliphatic carbocycles. The van der Waals surface area contributed by atoms with Crippen LogP contribution in [0.5, 0.6) is 5.88 Å². The zero-order valence-corrected chi connectivity index (χ0v) is 22.2. The van der Waals surface area contributed by atoms with Gasteiger partial charge in [-0.05, 0) is 50.2 Å². The summed E-state index contributed by atoms with van der Waals surface area (Å²) >= 11 is 1.22. The first-order valence-electron chi connectivity index (χ1n) is 12.5. The Kier molecular flexibility index (Phi) is 7.59. The van der Waals surface area contributed by atoms with E-state index in [0.717, 1.165) is 31.7 Å². The number of anilines is 1. The summed E-state index contributed by atoms with van der Waals surface area (Å²) in [6, 6.07) is 5.25. The van der Waals surface area contributed by atoms with Gasteiger partial charge in [-0.2, -0.15) is 0 Å². The van der Waals surface area contributed by atoms with Crippen LogP contribution in [0.4, 0.5) is 5.13 Å². The number of nitrogens with one attached hydrogen (secondary N) is 1. The van der Waals surface area contributed by atoms with Crippen molar-refractivity contribution in [3.63, 3.8) is 0 Å². The monoisotopic (exact) mass is 546 g/mol. The van der Waals surface area contributed by atoms with Gasteiger partial charge in [0.05, 0.1) is 17.3 Å². The Balaban J connectivity index is 1.43. The first-order valence-corrected chi connectivity index (χ1v) is 14.9. The summed E-state index contributed by atoms with van der Waals surface area (Å²) in [4.78, 5) is 36.2. The van der Waals surface area contributed by atoms with E-state index < -0.39 is 26.7 Å². The minimum absolute atomic E-state index is 0.0251. The van der Waals surface area contributed by atoms with Crippen molar-refractivity contribution >= 4 is 42.6 Å². The van der Waals surface area contributed by atoms with Crippen LogP contribution in [-0.4, -0.2) is 54.4 Å². The number of amides is 1. The molecule has 1 saturated heterocycles. The van der Waals surface area contributed by atoms with Gasteiger partial charge in [-0.15, -0.1) is 0 Å². The maximum atomic E-state index is 13.5. The summed E-state index contributed by atoms with van der Waals surface area (Å²) < 4.78 is 38.0. The number of fused-ring (bicyclic) bond motifs is 1. The van der Waals surface area contributed by atoms with E-state index >= 15 is 0 Å². The smallest absolute Gasteiger partial charge is 0.252 e. The molecule has 4 heterocycles. The molecule has 0 unspecified atom stereocenters. The second kappa shape index (κ2) is 10.9. The lowest BCUT2D eigenvalue weighted by Gasteiger charge is -2.27. The predicted octanol–water partition coefficient (Wildman–Crippen LogP) is 3.57. The van der Waals surface area contributed by atoms with E-state index in [9.17, 15) is 18.0 Å². The third-order valence-corrected chi connectivity index (χ3v) is 10.3. The molecular formula is C25H30N4O6S2. The van der Waals surface area contributed by atoms with E-state index in [-0.39, 0.29) is 16.7 Å². The maximum absolute atomic E-state index is 13.5. The molecule has 0 radical (unpaired) electrons. The number of hydrogen-bond donors (Lipinski definition) is 1. The molecule has 37 heavy (non-hydrogen) atoms. The molecule has 5 rings (SSSR count). The molecule has 1 aliphatic heterocycles. The highest BCUT2D eigenvalue weighted by molar-refractivity contribution is 7.92. The van der Waals surface area contributed by atoms with Gasteiger partial charge in [0.15, 0.2) is 15.0 Å². The molecule has 12 heteroatoms. The van der Waals surface area contributed by atoms with Gasteiger partial charge in [-0.3, -0.25) is 9.59 Å². The minimum atomic E-state index is -3.58. The topological polar surface area (TPSA) is 129 Å². The van der Waals surface area contributed by atoms with Gasteiger partial charge >= 0.3 is 0 Å². The average molecular weight is 547 g/mol. The van der Waals surface area contributed by atoms with Gasteiger partial charge < -0.3 is 19.4 Å². The highest BCUT2D eigenvalue weighted by atomic mass is 32.2. The zero-order valence-electron chi connectivity index (χ0n) is 20.6. The summed E-state index contributed by atoms with van der Waals surface area (Å²) in [5.74, 6) is 0.260. The van der Waals surface area contributed by atoms with Crippen LogP contribution >= 0.6 is 11.3 Å². The summed E-state index contributed by atoms with van der Waals surface area (Å²) in [5.41, 5.74) is 0.114. The Bertz CT molecular complexity index is 1440. The number of aromatic nitrogens is 3. The fourth-order valence-corrected chi connectivity index (χ4v) is 7.78. The van der Waals surface area contributed by atoms with Crippen molar-refractivity contribution < 1.29 is 22.7 Å². The summed E-state index contributed by atoms with van der Waals surface area (Å²) in [6.07, 6.45) is 6.44. The van der Waals surface area contributed by atoms with E-state index in [0.29, 0.717) is 53.8 Å². The molecule has 2 aliphatic rings. The molecule has 1 saturated carbocycles. The zero-order chi connectivity index (χ0) is 26.0. The quantitative estimate of drug-likeness (QED) is 0.454. The molecule has 0 bridgehead atoms. The number of pyridine rings is 2. The van der Waals surface area contributed by atoms with E-state index in [1.807, 2.05) is 0 Å². The average Bonchev–Trinajstić information content (AvgIpc) is 3.58. The lowest BCUT2D eigenvalue weighted by molar-refractivity contribution is -0.120. The third kappa shape index (κ3) is 5.55. The number of methoxy groups -OCH3 is 1. The Morgan fingerprint density at radius 2 is 1.95 bits per heavy atom. The molecule has 2 fully saturated rings. The normalized spacial score (nSPS) is 18.2. The van der Waals surface area contributed by atoms with Crippen LogP contribution in [0.2, 0.25) is 0 Å². The first-order chi connectivity index (χ1) is 17.8. The van der Waals surface area contributed by atoms with Gasteiger partial charge in [0.25, 0.3) is 5.56 Å². The van der Waals surface area contributed by atoms with Crippen LogP contribution < -0.4 is 15.6 Å². The van der Waals surface area contributed by atoms with Gasteiger partial charge in [0.1, 0.15) is 16.4 Å². The van der Waals surface area contributed by atoms with Crippen molar-refractivity contribution in [2.24, 2.45) is 5.92 Å². The van der Waals surface area contributed by atoms with E-state index in [1.54, 1.807) is 12.1 Å². The number of carbonyl (C=O) groups is 1. The van der Waals surface area contributed by atoms with Gasteiger partial charge in [0.2, 0.25) is 11.8 Å². The van der Waals surface area contributed by atoms with Crippen molar-refractivity contribution in [2.45, 2.75) is 61.1 Å². The fourth-order valence-electron chi connectivity index (χ4n) is 5.10. The Morgan fingerprint density at radius 3 is 2.65 bits per heavy atom. The van der Waals surface area contributed by atoms with Crippen molar-refractivity contribution in [1.82, 2.24) is 14.5 Å². The standard InChI is InChI=1S/C25H30N4O6S2/c1-34-21-7-6-19-24(27-21)36-25(26-19)28-23(31)20(14-16-9-12-35-13-10-16)29-11-8-18(15-22(29)30)37(32,33)17-4-2-3-5-17/h6-8,11,15-17,20H,2-5,9-10,12-14H2,1H3,(H,26,28,31)/t20-/m1/s1.